The minimum Gasteiger partial charge on any atom is -0.330 e. The van der Waals surface area contributed by atoms with Gasteiger partial charge in [-0.1, -0.05) is 30.3 Å². The normalized spacial score (nSPS) is 11.6. The molecule has 0 radical (unpaired) electrons. The zero-order valence-electron chi connectivity index (χ0n) is 16.6. The maximum Gasteiger partial charge on any atom is 0.0109 e. The molecule has 0 unspecified atom stereocenters. The van der Waals surface area contributed by atoms with E-state index in [0.717, 1.165) is 78.2 Å². The van der Waals surface area contributed by atoms with E-state index in [1.807, 2.05) is 0 Å². The van der Waals surface area contributed by atoms with Gasteiger partial charge in [-0.2, -0.15) is 0 Å². The van der Waals surface area contributed by atoms with Gasteiger partial charge in [-0.15, -0.1) is 0 Å². The number of hydrogen-bond acceptors (Lipinski definition) is 5. The fraction of sp³-hybridized carbons (Fsp3) is 0.714. The Morgan fingerprint density at radius 2 is 1.00 bits per heavy atom. The molecule has 1 rings (SSSR count). The van der Waals surface area contributed by atoms with Gasteiger partial charge in [0.1, 0.15) is 0 Å². The summed E-state index contributed by atoms with van der Waals surface area (Å²) in [5.41, 5.74) is 18.5. The van der Waals surface area contributed by atoms with Gasteiger partial charge >= 0.3 is 0 Å². The van der Waals surface area contributed by atoms with Crippen LogP contribution in [0.4, 0.5) is 0 Å². The number of nitrogens with zero attached hydrogens (tertiary/aromatic N) is 2. The lowest BCUT2D eigenvalue weighted by atomic mass is 10.1. The average Bonchev–Trinajstić information content (AvgIpc) is 2.68. The summed E-state index contributed by atoms with van der Waals surface area (Å²) < 4.78 is 0. The molecule has 5 heteroatoms. The fourth-order valence-electron chi connectivity index (χ4n) is 3.21. The van der Waals surface area contributed by atoms with Crippen molar-refractivity contribution in [1.29, 1.82) is 0 Å². The second-order valence-corrected chi connectivity index (χ2v) is 7.05. The molecular formula is C21H41N5. The van der Waals surface area contributed by atoms with Crippen molar-refractivity contribution < 1.29 is 0 Å². The van der Waals surface area contributed by atoms with Crippen molar-refractivity contribution >= 4 is 0 Å². The minimum atomic E-state index is 0.759. The largest absolute Gasteiger partial charge is 0.330 e. The summed E-state index contributed by atoms with van der Waals surface area (Å²) >= 11 is 0. The van der Waals surface area contributed by atoms with E-state index >= 15 is 0 Å². The Hall–Kier alpha value is -0.980. The Labute approximate surface area is 160 Å². The molecule has 0 bridgehead atoms. The third-order valence-corrected chi connectivity index (χ3v) is 4.80. The first-order valence-corrected chi connectivity index (χ1v) is 10.4. The number of unbranched alkanes of at least 4 members (excludes halogenated alkanes) is 1. The second kappa shape index (κ2) is 16.2. The molecule has 1 aromatic carbocycles. The molecule has 6 N–H and O–H groups in total. The van der Waals surface area contributed by atoms with Crippen LogP contribution in [0.25, 0.3) is 0 Å². The molecule has 0 spiro atoms. The molecule has 26 heavy (non-hydrogen) atoms. The van der Waals surface area contributed by atoms with Gasteiger partial charge < -0.3 is 27.0 Å². The van der Waals surface area contributed by atoms with Gasteiger partial charge in [0.05, 0.1) is 0 Å². The van der Waals surface area contributed by atoms with Crippen LogP contribution in [0, 0.1) is 0 Å². The Bertz CT molecular complexity index is 404. The monoisotopic (exact) mass is 363 g/mol. The van der Waals surface area contributed by atoms with Crippen LogP contribution in [-0.4, -0.2) is 68.7 Å². The van der Waals surface area contributed by atoms with E-state index in [2.05, 4.69) is 40.1 Å². The van der Waals surface area contributed by atoms with Crippen molar-refractivity contribution in [3.05, 3.63) is 35.9 Å². The molecule has 0 aliphatic carbocycles. The summed E-state index contributed by atoms with van der Waals surface area (Å²) in [6, 6.07) is 10.8. The summed E-state index contributed by atoms with van der Waals surface area (Å²) in [7, 11) is 0. The van der Waals surface area contributed by atoms with E-state index in [1.54, 1.807) is 0 Å². The molecule has 0 heterocycles. The van der Waals surface area contributed by atoms with Crippen LogP contribution in [-0.2, 0) is 6.42 Å². The van der Waals surface area contributed by atoms with Gasteiger partial charge in [-0.05, 0) is 89.9 Å². The van der Waals surface area contributed by atoms with Crippen LogP contribution in [0.2, 0.25) is 0 Å². The smallest absolute Gasteiger partial charge is 0.0109 e. The van der Waals surface area contributed by atoms with Gasteiger partial charge in [0.25, 0.3) is 0 Å². The van der Waals surface area contributed by atoms with E-state index in [9.17, 15) is 0 Å². The van der Waals surface area contributed by atoms with E-state index < -0.39 is 0 Å². The van der Waals surface area contributed by atoms with E-state index in [0.29, 0.717) is 0 Å². The van der Waals surface area contributed by atoms with Crippen molar-refractivity contribution in [1.82, 2.24) is 9.80 Å². The standard InChI is InChI=1S/C21H41N5/c22-12-6-16-25(15-5-4-11-21-9-2-1-3-10-21)19-20-26(17-7-13-23)18-8-14-24/h1-3,9-10H,4-8,11-20,22-24H2. The van der Waals surface area contributed by atoms with E-state index in [-0.39, 0.29) is 0 Å². The highest BCUT2D eigenvalue weighted by molar-refractivity contribution is 5.14. The molecule has 0 saturated carbocycles. The maximum atomic E-state index is 5.73. The Morgan fingerprint density at radius 1 is 0.538 bits per heavy atom. The summed E-state index contributed by atoms with van der Waals surface area (Å²) in [5.74, 6) is 0. The summed E-state index contributed by atoms with van der Waals surface area (Å²) in [6.45, 7) is 8.92. The molecular weight excluding hydrogens is 322 g/mol. The Kier molecular flexibility index (Phi) is 14.4. The van der Waals surface area contributed by atoms with Gasteiger partial charge in [0, 0.05) is 13.1 Å². The van der Waals surface area contributed by atoms with Crippen molar-refractivity contribution in [2.75, 3.05) is 58.9 Å². The summed E-state index contributed by atoms with van der Waals surface area (Å²) in [4.78, 5) is 5.09. The van der Waals surface area contributed by atoms with Crippen LogP contribution in [0.1, 0.15) is 37.7 Å². The molecule has 1 aromatic rings. The zero-order chi connectivity index (χ0) is 18.9. The lowest BCUT2D eigenvalue weighted by Crippen LogP contribution is -2.38. The van der Waals surface area contributed by atoms with Crippen molar-refractivity contribution in [3.8, 4) is 0 Å². The average molecular weight is 364 g/mol. The highest BCUT2D eigenvalue weighted by atomic mass is 15.2. The molecule has 0 aliphatic heterocycles. The predicted octanol–water partition coefficient (Wildman–Crippen LogP) is 1.66. The topological polar surface area (TPSA) is 84.5 Å². The predicted molar refractivity (Wildman–Crippen MR) is 113 cm³/mol. The van der Waals surface area contributed by atoms with Crippen LogP contribution in [0.5, 0.6) is 0 Å². The Balaban J connectivity index is 2.33. The van der Waals surface area contributed by atoms with Gasteiger partial charge in [-0.25, -0.2) is 0 Å². The number of benzene rings is 1. The first-order valence-electron chi connectivity index (χ1n) is 10.4. The number of hydrogen-bond donors (Lipinski definition) is 3. The van der Waals surface area contributed by atoms with Crippen LogP contribution in [0.15, 0.2) is 30.3 Å². The lowest BCUT2D eigenvalue weighted by Gasteiger charge is -2.27. The molecule has 0 saturated heterocycles. The summed E-state index contributed by atoms with van der Waals surface area (Å²) in [6.07, 6.45) is 6.85. The zero-order valence-corrected chi connectivity index (χ0v) is 16.6. The highest BCUT2D eigenvalue weighted by Gasteiger charge is 2.09. The van der Waals surface area contributed by atoms with Crippen molar-refractivity contribution in [2.24, 2.45) is 17.2 Å². The first kappa shape index (κ1) is 23.1. The first-order chi connectivity index (χ1) is 12.8. The van der Waals surface area contributed by atoms with E-state index in [4.69, 9.17) is 17.2 Å². The number of nitrogens with two attached hydrogens (primary N) is 3. The van der Waals surface area contributed by atoms with Crippen molar-refractivity contribution in [2.45, 2.75) is 38.5 Å². The third-order valence-electron chi connectivity index (χ3n) is 4.80. The number of aryl methyl sites for hydroxylation is 1. The van der Waals surface area contributed by atoms with Gasteiger partial charge in [-0.3, -0.25) is 0 Å². The second-order valence-electron chi connectivity index (χ2n) is 7.05. The highest BCUT2D eigenvalue weighted by Crippen LogP contribution is 2.06. The quantitative estimate of drug-likeness (QED) is 0.367. The molecule has 5 nitrogen and oxygen atoms in total. The minimum absolute atomic E-state index is 0.759. The van der Waals surface area contributed by atoms with E-state index in [1.165, 1.54) is 24.8 Å². The van der Waals surface area contributed by atoms with Gasteiger partial charge in [0.2, 0.25) is 0 Å². The van der Waals surface area contributed by atoms with Crippen LogP contribution >= 0.6 is 0 Å². The van der Waals surface area contributed by atoms with Gasteiger partial charge in [0.15, 0.2) is 0 Å². The maximum absolute atomic E-state index is 5.73. The molecule has 0 amide bonds. The Morgan fingerprint density at radius 3 is 1.46 bits per heavy atom. The third kappa shape index (κ3) is 11.6. The van der Waals surface area contributed by atoms with Crippen LogP contribution in [0.3, 0.4) is 0 Å². The lowest BCUT2D eigenvalue weighted by molar-refractivity contribution is 0.198. The molecule has 0 atom stereocenters. The SMILES string of the molecule is NCCCN(CCCN)CCN(CCCN)CCCCc1ccccc1. The molecule has 0 aliphatic rings. The van der Waals surface area contributed by atoms with Crippen LogP contribution < -0.4 is 17.2 Å². The number of rotatable bonds is 17. The molecule has 150 valence electrons. The fourth-order valence-corrected chi connectivity index (χ4v) is 3.21. The molecule has 0 fully saturated rings. The molecule has 0 aromatic heterocycles. The summed E-state index contributed by atoms with van der Waals surface area (Å²) in [5, 5.41) is 0. The van der Waals surface area contributed by atoms with Crippen molar-refractivity contribution in [3.63, 3.8) is 0 Å².